The van der Waals surface area contributed by atoms with Crippen molar-refractivity contribution in [2.24, 2.45) is 0 Å². The van der Waals surface area contributed by atoms with Crippen LogP contribution in [-0.2, 0) is 0 Å². The topological polar surface area (TPSA) is 26.0 Å². The van der Waals surface area contributed by atoms with Crippen molar-refractivity contribution in [2.45, 2.75) is 16.7 Å². The summed E-state index contributed by atoms with van der Waals surface area (Å²) in [6, 6.07) is 7.32. The molecule has 2 nitrogen and oxygen atoms in total. The molecule has 1 unspecified atom stereocenters. The molecule has 2 aromatic rings. The first kappa shape index (κ1) is 11.4. The Morgan fingerprint density at radius 1 is 1.24 bits per heavy atom. The molecule has 0 bridgehead atoms. The number of aromatic nitrogens is 1. The summed E-state index contributed by atoms with van der Waals surface area (Å²) in [5.74, 6) is 1.35. The molecule has 0 spiro atoms. The fraction of sp³-hybridized carbons (Fsp3) is 0.250. The van der Waals surface area contributed by atoms with E-state index in [1.165, 1.54) is 0 Å². The van der Waals surface area contributed by atoms with E-state index in [1.807, 2.05) is 12.1 Å². The molecule has 17 heavy (non-hydrogen) atoms. The van der Waals surface area contributed by atoms with Crippen LogP contribution in [0.15, 0.2) is 34.9 Å². The summed E-state index contributed by atoms with van der Waals surface area (Å²) in [5.41, 5.74) is 0.885. The minimum absolute atomic E-state index is 0.0550. The van der Waals surface area contributed by atoms with E-state index < -0.39 is 4.33 Å². The number of halogens is 3. The smallest absolute Gasteiger partial charge is 0.226 e. The van der Waals surface area contributed by atoms with Gasteiger partial charge in [0.05, 0.1) is 12.1 Å². The number of benzene rings is 1. The van der Waals surface area contributed by atoms with Gasteiger partial charge in [-0.1, -0.05) is 11.6 Å². The van der Waals surface area contributed by atoms with Gasteiger partial charge >= 0.3 is 0 Å². The van der Waals surface area contributed by atoms with Crippen molar-refractivity contribution < 1.29 is 4.42 Å². The maximum atomic E-state index is 5.98. The van der Waals surface area contributed by atoms with Gasteiger partial charge in [-0.05, 0) is 30.7 Å². The number of alkyl halides is 2. The largest absolute Gasteiger partial charge is 0.441 e. The van der Waals surface area contributed by atoms with Crippen LogP contribution >= 0.6 is 34.8 Å². The summed E-state index contributed by atoms with van der Waals surface area (Å²) in [4.78, 5) is 4.22. The highest BCUT2D eigenvalue weighted by molar-refractivity contribution is 6.51. The highest BCUT2D eigenvalue weighted by atomic mass is 35.5. The van der Waals surface area contributed by atoms with Crippen LogP contribution in [-0.4, -0.2) is 9.32 Å². The first-order valence-electron chi connectivity index (χ1n) is 5.16. The van der Waals surface area contributed by atoms with Gasteiger partial charge in [0.1, 0.15) is 10.1 Å². The molecule has 1 aliphatic rings. The fourth-order valence-corrected chi connectivity index (χ4v) is 2.35. The van der Waals surface area contributed by atoms with Crippen LogP contribution in [0.3, 0.4) is 0 Å². The van der Waals surface area contributed by atoms with Crippen LogP contribution in [0.4, 0.5) is 0 Å². The van der Waals surface area contributed by atoms with Crippen LogP contribution in [0.25, 0.3) is 11.5 Å². The lowest BCUT2D eigenvalue weighted by molar-refractivity contribution is 0.519. The third-order valence-corrected chi connectivity index (χ3v) is 3.87. The molecule has 1 aromatic carbocycles. The lowest BCUT2D eigenvalue weighted by Gasteiger charge is -1.96. The quantitative estimate of drug-likeness (QED) is 0.751. The van der Waals surface area contributed by atoms with Crippen molar-refractivity contribution in [1.82, 2.24) is 4.98 Å². The van der Waals surface area contributed by atoms with Crippen molar-refractivity contribution >= 4 is 34.8 Å². The number of nitrogens with zero attached hydrogens (tertiary/aromatic N) is 1. The molecule has 1 fully saturated rings. The molecule has 0 radical (unpaired) electrons. The Morgan fingerprint density at radius 2 is 1.88 bits per heavy atom. The minimum atomic E-state index is -0.684. The first-order valence-corrected chi connectivity index (χ1v) is 6.29. The standard InChI is InChI=1S/C12H8Cl3NO/c13-8-3-1-7(2-4-8)11-16-6-10(17-11)9-5-12(9,14)15/h1-4,6,9H,5H2. The van der Waals surface area contributed by atoms with Gasteiger partial charge in [0, 0.05) is 10.6 Å². The first-order chi connectivity index (χ1) is 8.06. The van der Waals surface area contributed by atoms with Crippen molar-refractivity contribution in [3.63, 3.8) is 0 Å². The van der Waals surface area contributed by atoms with Crippen molar-refractivity contribution in [2.75, 3.05) is 0 Å². The second-order valence-corrected chi connectivity index (χ2v) is 6.07. The fourth-order valence-electron chi connectivity index (χ4n) is 1.70. The van der Waals surface area contributed by atoms with E-state index >= 15 is 0 Å². The molecular formula is C12H8Cl3NO. The lowest BCUT2D eigenvalue weighted by atomic mass is 10.2. The van der Waals surface area contributed by atoms with E-state index in [9.17, 15) is 0 Å². The summed E-state index contributed by atoms with van der Waals surface area (Å²) in [7, 11) is 0. The van der Waals surface area contributed by atoms with Crippen molar-refractivity contribution in [1.29, 1.82) is 0 Å². The van der Waals surface area contributed by atoms with Gasteiger partial charge in [0.15, 0.2) is 0 Å². The molecule has 1 saturated carbocycles. The van der Waals surface area contributed by atoms with Gasteiger partial charge < -0.3 is 4.42 Å². The van der Waals surface area contributed by atoms with E-state index in [0.717, 1.165) is 11.3 Å². The number of rotatable bonds is 2. The van der Waals surface area contributed by atoms with Crippen LogP contribution in [0.5, 0.6) is 0 Å². The van der Waals surface area contributed by atoms with Gasteiger partial charge in [0.25, 0.3) is 0 Å². The predicted octanol–water partition coefficient (Wildman–Crippen LogP) is 4.66. The highest BCUT2D eigenvalue weighted by Gasteiger charge is 2.54. The zero-order valence-electron chi connectivity index (χ0n) is 8.66. The lowest BCUT2D eigenvalue weighted by Crippen LogP contribution is -1.86. The Morgan fingerprint density at radius 3 is 2.47 bits per heavy atom. The van der Waals surface area contributed by atoms with Crippen molar-refractivity contribution in [3.05, 3.63) is 41.2 Å². The molecule has 1 heterocycles. The molecule has 0 saturated heterocycles. The molecule has 0 aliphatic heterocycles. The van der Waals surface area contributed by atoms with E-state index in [4.69, 9.17) is 39.2 Å². The molecule has 5 heteroatoms. The van der Waals surface area contributed by atoms with Crippen molar-refractivity contribution in [3.8, 4) is 11.5 Å². The number of hydrogen-bond acceptors (Lipinski definition) is 2. The van der Waals surface area contributed by atoms with Gasteiger partial charge in [-0.25, -0.2) is 4.98 Å². The Hall–Kier alpha value is -0.700. The second-order valence-electron chi connectivity index (χ2n) is 4.09. The summed E-state index contributed by atoms with van der Waals surface area (Å²) in [6.07, 6.45) is 2.40. The van der Waals surface area contributed by atoms with E-state index in [1.54, 1.807) is 18.3 Å². The molecule has 1 aliphatic carbocycles. The average Bonchev–Trinajstić information content (AvgIpc) is 2.76. The monoisotopic (exact) mass is 287 g/mol. The summed E-state index contributed by atoms with van der Waals surface area (Å²) >= 11 is 17.8. The predicted molar refractivity (Wildman–Crippen MR) is 68.7 cm³/mol. The Kier molecular flexibility index (Phi) is 2.62. The highest BCUT2D eigenvalue weighted by Crippen LogP contribution is 2.59. The van der Waals surface area contributed by atoms with Gasteiger partial charge in [-0.3, -0.25) is 0 Å². The van der Waals surface area contributed by atoms with Gasteiger partial charge in [-0.2, -0.15) is 0 Å². The summed E-state index contributed by atoms with van der Waals surface area (Å²) in [5, 5.41) is 0.684. The van der Waals surface area contributed by atoms with Crippen LogP contribution < -0.4 is 0 Å². The van der Waals surface area contributed by atoms with Crippen LogP contribution in [0, 0.1) is 0 Å². The van der Waals surface area contributed by atoms with E-state index in [-0.39, 0.29) is 5.92 Å². The molecule has 1 aromatic heterocycles. The number of oxazole rings is 1. The molecule has 1 atom stereocenters. The van der Waals surface area contributed by atoms with E-state index in [0.29, 0.717) is 17.3 Å². The third kappa shape index (κ3) is 2.17. The molecule has 88 valence electrons. The summed E-state index contributed by atoms with van der Waals surface area (Å²) in [6.45, 7) is 0. The molecule has 0 amide bonds. The van der Waals surface area contributed by atoms with Crippen LogP contribution in [0.2, 0.25) is 5.02 Å². The van der Waals surface area contributed by atoms with E-state index in [2.05, 4.69) is 4.98 Å². The maximum Gasteiger partial charge on any atom is 0.226 e. The molecular weight excluding hydrogens is 280 g/mol. The Labute approximate surface area is 114 Å². The normalized spacial score (nSPS) is 21.5. The second kappa shape index (κ2) is 3.91. The average molecular weight is 289 g/mol. The Bertz CT molecular complexity index is 547. The zero-order valence-corrected chi connectivity index (χ0v) is 10.9. The third-order valence-electron chi connectivity index (χ3n) is 2.78. The SMILES string of the molecule is Clc1ccc(-c2ncc(C3CC3(Cl)Cl)o2)cc1. The van der Waals surface area contributed by atoms with Crippen LogP contribution in [0.1, 0.15) is 18.1 Å². The molecule has 3 rings (SSSR count). The number of hydrogen-bond donors (Lipinski definition) is 0. The summed E-state index contributed by atoms with van der Waals surface area (Å²) < 4.78 is 4.96. The van der Waals surface area contributed by atoms with Gasteiger partial charge in [0.2, 0.25) is 5.89 Å². The molecule has 0 N–H and O–H groups in total. The zero-order chi connectivity index (χ0) is 12.0. The Balaban J connectivity index is 1.88. The minimum Gasteiger partial charge on any atom is -0.441 e. The maximum absolute atomic E-state index is 5.98. The van der Waals surface area contributed by atoms with Gasteiger partial charge in [-0.15, -0.1) is 23.2 Å².